The fourth-order valence-electron chi connectivity index (χ4n) is 4.91. The number of amides is 2. The van der Waals surface area contributed by atoms with Crippen molar-refractivity contribution in [3.63, 3.8) is 0 Å². The normalized spacial score (nSPS) is 25.3. The molecule has 0 N–H and O–H groups in total. The molecule has 2 amide bonds. The average Bonchev–Trinajstić information content (AvgIpc) is 3.19. The van der Waals surface area contributed by atoms with Gasteiger partial charge in [-0.05, 0) is 56.8 Å². The van der Waals surface area contributed by atoms with Gasteiger partial charge in [0.15, 0.2) is 0 Å². The van der Waals surface area contributed by atoms with Crippen LogP contribution in [0.4, 0.5) is 18.9 Å². The van der Waals surface area contributed by atoms with Crippen molar-refractivity contribution < 1.29 is 22.8 Å². The van der Waals surface area contributed by atoms with Crippen molar-refractivity contribution in [3.05, 3.63) is 29.8 Å². The first kappa shape index (κ1) is 21.2. The highest BCUT2D eigenvalue weighted by molar-refractivity contribution is 6.00. The van der Waals surface area contributed by atoms with E-state index in [4.69, 9.17) is 0 Å². The molecule has 30 heavy (non-hydrogen) atoms. The van der Waals surface area contributed by atoms with Crippen LogP contribution < -0.4 is 4.90 Å². The fraction of sp³-hybridized carbons (Fsp3) is 0.636. The number of nitrogens with zero attached hydrogens (tertiary/aromatic N) is 3. The van der Waals surface area contributed by atoms with E-state index in [9.17, 15) is 22.8 Å². The summed E-state index contributed by atoms with van der Waals surface area (Å²) in [6.07, 6.45) is -0.191. The predicted molar refractivity (Wildman–Crippen MR) is 107 cm³/mol. The molecule has 2 saturated heterocycles. The van der Waals surface area contributed by atoms with Gasteiger partial charge in [0, 0.05) is 50.2 Å². The smallest absolute Gasteiger partial charge is 0.369 e. The monoisotopic (exact) mass is 423 g/mol. The van der Waals surface area contributed by atoms with Crippen LogP contribution in [-0.2, 0) is 15.8 Å². The van der Waals surface area contributed by atoms with Crippen LogP contribution in [0.5, 0.6) is 0 Å². The first-order chi connectivity index (χ1) is 14.3. The van der Waals surface area contributed by atoms with Gasteiger partial charge in [-0.1, -0.05) is 6.07 Å². The molecule has 0 radical (unpaired) electrons. The number of rotatable bonds is 6. The van der Waals surface area contributed by atoms with Gasteiger partial charge in [0.2, 0.25) is 11.8 Å². The molecular formula is C22H28F3N3O2. The van der Waals surface area contributed by atoms with E-state index in [1.165, 1.54) is 17.0 Å². The van der Waals surface area contributed by atoms with Crippen LogP contribution in [0.15, 0.2) is 24.3 Å². The summed E-state index contributed by atoms with van der Waals surface area (Å²) in [5.41, 5.74) is -0.00102. The van der Waals surface area contributed by atoms with Crippen molar-refractivity contribution in [3.8, 4) is 0 Å². The van der Waals surface area contributed by atoms with Gasteiger partial charge in [-0.3, -0.25) is 19.4 Å². The number of piperazine rings is 1. The number of hydrogen-bond donors (Lipinski definition) is 0. The molecule has 2 atom stereocenters. The number of likely N-dealkylation sites (tertiary alicyclic amines) is 1. The highest BCUT2D eigenvalue weighted by atomic mass is 19.4. The molecule has 2 aliphatic heterocycles. The number of carbonyl (C=O) groups excluding carboxylic acids is 2. The van der Waals surface area contributed by atoms with Gasteiger partial charge in [-0.15, -0.1) is 0 Å². The minimum absolute atomic E-state index is 0.0171. The molecule has 2 heterocycles. The number of fused-ring (bicyclic) bond motifs is 2. The van der Waals surface area contributed by atoms with Gasteiger partial charge in [-0.2, -0.15) is 13.2 Å². The zero-order valence-electron chi connectivity index (χ0n) is 17.0. The van der Waals surface area contributed by atoms with Gasteiger partial charge in [0.25, 0.3) is 0 Å². The number of imide groups is 1. The average molecular weight is 423 g/mol. The number of unbranched alkanes of at least 4 members (excludes halogenated alkanes) is 1. The first-order valence-corrected chi connectivity index (χ1v) is 10.8. The van der Waals surface area contributed by atoms with Gasteiger partial charge in [-0.25, -0.2) is 0 Å². The summed E-state index contributed by atoms with van der Waals surface area (Å²) in [7, 11) is 0. The van der Waals surface area contributed by atoms with E-state index in [2.05, 4.69) is 4.90 Å². The third kappa shape index (κ3) is 4.48. The van der Waals surface area contributed by atoms with E-state index in [-0.39, 0.29) is 23.7 Å². The van der Waals surface area contributed by atoms with E-state index in [0.717, 1.165) is 57.8 Å². The Labute approximate surface area is 174 Å². The number of benzene rings is 1. The molecule has 1 saturated carbocycles. The second-order valence-electron chi connectivity index (χ2n) is 8.62. The second kappa shape index (κ2) is 8.57. The lowest BCUT2D eigenvalue weighted by atomic mass is 9.97. The largest absolute Gasteiger partial charge is 0.416 e. The van der Waals surface area contributed by atoms with E-state index in [1.54, 1.807) is 6.07 Å². The topological polar surface area (TPSA) is 43.9 Å². The highest BCUT2D eigenvalue weighted by Gasteiger charge is 2.44. The van der Waals surface area contributed by atoms with Gasteiger partial charge < -0.3 is 4.90 Å². The van der Waals surface area contributed by atoms with Crippen LogP contribution in [0, 0.1) is 11.8 Å². The SMILES string of the molecule is O=C1C2CCC(C2)C(=O)N1CCCCN1CCN(c2cccc(C(F)(F)F)c2)CC1. The molecule has 4 rings (SSSR count). The van der Waals surface area contributed by atoms with Crippen LogP contribution >= 0.6 is 0 Å². The van der Waals surface area contributed by atoms with Crippen molar-refractivity contribution in [2.45, 2.75) is 38.3 Å². The summed E-state index contributed by atoms with van der Waals surface area (Å²) in [4.78, 5) is 30.5. The van der Waals surface area contributed by atoms with Crippen molar-refractivity contribution in [1.82, 2.24) is 9.80 Å². The molecule has 1 aromatic rings. The molecule has 2 bridgehead atoms. The number of alkyl halides is 3. The van der Waals surface area contributed by atoms with Crippen molar-refractivity contribution in [2.24, 2.45) is 11.8 Å². The minimum atomic E-state index is -4.32. The Bertz CT molecular complexity index is 768. The van der Waals surface area contributed by atoms with Gasteiger partial charge >= 0.3 is 6.18 Å². The highest BCUT2D eigenvalue weighted by Crippen LogP contribution is 2.38. The summed E-state index contributed by atoms with van der Waals surface area (Å²) in [5, 5.41) is 0. The molecule has 3 fully saturated rings. The lowest BCUT2D eigenvalue weighted by Crippen LogP contribution is -2.47. The maximum atomic E-state index is 12.9. The molecule has 0 aromatic heterocycles. The maximum absolute atomic E-state index is 12.9. The Kier molecular flexibility index (Phi) is 6.04. The third-order valence-corrected chi connectivity index (χ3v) is 6.68. The lowest BCUT2D eigenvalue weighted by molar-refractivity contribution is -0.152. The summed E-state index contributed by atoms with van der Waals surface area (Å²) in [6, 6.07) is 5.50. The molecule has 1 aliphatic carbocycles. The van der Waals surface area contributed by atoms with E-state index >= 15 is 0 Å². The zero-order chi connectivity index (χ0) is 21.3. The fourth-order valence-corrected chi connectivity index (χ4v) is 4.91. The maximum Gasteiger partial charge on any atom is 0.416 e. The Morgan fingerprint density at radius 1 is 0.900 bits per heavy atom. The number of halogens is 3. The minimum Gasteiger partial charge on any atom is -0.369 e. The number of carbonyl (C=O) groups is 2. The first-order valence-electron chi connectivity index (χ1n) is 10.8. The van der Waals surface area contributed by atoms with Crippen LogP contribution in [0.2, 0.25) is 0 Å². The summed E-state index contributed by atoms with van der Waals surface area (Å²) in [5.74, 6) is 0.139. The van der Waals surface area contributed by atoms with E-state index in [0.29, 0.717) is 25.3 Å². The van der Waals surface area contributed by atoms with Gasteiger partial charge in [0.05, 0.1) is 5.56 Å². The van der Waals surface area contributed by atoms with Crippen LogP contribution in [-0.4, -0.2) is 60.9 Å². The quantitative estimate of drug-likeness (QED) is 0.520. The standard InChI is InChI=1S/C22H28F3N3O2/c23-22(24,25)18-4-3-5-19(15-18)27-12-10-26(11-13-27)8-1-2-9-28-20(29)16-6-7-17(14-16)21(28)30/h3-5,15-17H,1-2,6-14H2. The molecule has 2 unspecified atom stereocenters. The number of anilines is 1. The molecule has 164 valence electrons. The van der Waals surface area contributed by atoms with E-state index < -0.39 is 11.7 Å². The van der Waals surface area contributed by atoms with Crippen LogP contribution in [0.1, 0.15) is 37.7 Å². The predicted octanol–water partition coefficient (Wildman–Crippen LogP) is 3.39. The molecule has 3 aliphatic rings. The molecular weight excluding hydrogens is 395 g/mol. The van der Waals surface area contributed by atoms with Crippen molar-refractivity contribution >= 4 is 17.5 Å². The Hall–Kier alpha value is -2.09. The van der Waals surface area contributed by atoms with Gasteiger partial charge in [0.1, 0.15) is 0 Å². The van der Waals surface area contributed by atoms with Crippen LogP contribution in [0.3, 0.4) is 0 Å². The molecule has 5 nitrogen and oxygen atoms in total. The summed E-state index contributed by atoms with van der Waals surface area (Å²) >= 11 is 0. The number of piperidine rings is 1. The summed E-state index contributed by atoms with van der Waals surface area (Å²) < 4.78 is 38.8. The Morgan fingerprint density at radius 2 is 1.53 bits per heavy atom. The van der Waals surface area contributed by atoms with Crippen molar-refractivity contribution in [2.75, 3.05) is 44.2 Å². The number of hydrogen-bond acceptors (Lipinski definition) is 4. The summed E-state index contributed by atoms with van der Waals surface area (Å²) in [6.45, 7) is 4.35. The van der Waals surface area contributed by atoms with Crippen LogP contribution in [0.25, 0.3) is 0 Å². The molecule has 1 aromatic carbocycles. The lowest BCUT2D eigenvalue weighted by Gasteiger charge is -2.36. The Morgan fingerprint density at radius 3 is 2.17 bits per heavy atom. The van der Waals surface area contributed by atoms with E-state index in [1.807, 2.05) is 4.90 Å². The Balaban J connectivity index is 1.20. The molecule has 0 spiro atoms. The third-order valence-electron chi connectivity index (χ3n) is 6.68. The second-order valence-corrected chi connectivity index (χ2v) is 8.62. The van der Waals surface area contributed by atoms with Crippen molar-refractivity contribution in [1.29, 1.82) is 0 Å². The molecule has 8 heteroatoms. The zero-order valence-corrected chi connectivity index (χ0v) is 17.0.